The van der Waals surface area contributed by atoms with Gasteiger partial charge in [-0.05, 0) is 51.3 Å². The molecule has 0 aliphatic heterocycles. The molecule has 0 spiro atoms. The number of halogens is 3. The van der Waals surface area contributed by atoms with Crippen molar-refractivity contribution in [1.82, 2.24) is 24.6 Å². The van der Waals surface area contributed by atoms with Crippen LogP contribution in [0, 0.1) is 16.7 Å². The van der Waals surface area contributed by atoms with Crippen LogP contribution in [0.1, 0.15) is 57.7 Å². The Balaban J connectivity index is 1.84. The SMILES string of the molecule is CCCOC(=O)C(C)(C)CCP(=O)(CO[C@H](C)Cn1cnc2c(N)ncnc21)N[C@H](c1ccc(C#N)cc1)C(F)(F)F. The number of benzene rings is 1. The molecule has 0 saturated heterocycles. The number of nitriles is 1. The Morgan fingerprint density at radius 3 is 2.52 bits per heavy atom. The molecule has 0 fully saturated rings. The molecular formula is C27H35F3N7O4P. The van der Waals surface area contributed by atoms with Gasteiger partial charge in [-0.25, -0.2) is 20.0 Å². The third kappa shape index (κ3) is 8.50. The van der Waals surface area contributed by atoms with Crippen molar-refractivity contribution in [2.75, 3.05) is 24.9 Å². The Hall–Kier alpha value is -3.53. The number of carbonyl (C=O) groups is 1. The number of fused-ring (bicyclic) bond motifs is 1. The van der Waals surface area contributed by atoms with Crippen molar-refractivity contribution in [1.29, 1.82) is 5.26 Å². The summed E-state index contributed by atoms with van der Waals surface area (Å²) >= 11 is 0. The number of hydrogen-bond donors (Lipinski definition) is 2. The Labute approximate surface area is 242 Å². The van der Waals surface area contributed by atoms with Crippen LogP contribution in [-0.2, 0) is 25.4 Å². The van der Waals surface area contributed by atoms with Crippen molar-refractivity contribution in [3.8, 4) is 6.07 Å². The molecule has 2 heterocycles. The van der Waals surface area contributed by atoms with Crippen LogP contribution in [0.5, 0.6) is 0 Å². The molecule has 228 valence electrons. The maximum absolute atomic E-state index is 14.3. The molecule has 3 N–H and O–H groups in total. The van der Waals surface area contributed by atoms with Gasteiger partial charge in [-0.3, -0.25) is 4.79 Å². The zero-order valence-corrected chi connectivity index (χ0v) is 24.8. The first-order chi connectivity index (χ1) is 19.7. The lowest BCUT2D eigenvalue weighted by atomic mass is 9.90. The number of rotatable bonds is 14. The second-order valence-corrected chi connectivity index (χ2v) is 13.4. The highest BCUT2D eigenvalue weighted by molar-refractivity contribution is 7.61. The molecule has 0 saturated carbocycles. The Kier molecular flexibility index (Phi) is 10.7. The largest absolute Gasteiger partial charge is 0.465 e. The number of nitrogens with two attached hydrogens (primary N) is 1. The minimum atomic E-state index is -4.82. The van der Waals surface area contributed by atoms with Gasteiger partial charge >= 0.3 is 12.1 Å². The molecule has 3 atom stereocenters. The summed E-state index contributed by atoms with van der Waals surface area (Å²) in [5, 5.41) is 11.4. The Bertz CT molecular complexity index is 1450. The van der Waals surface area contributed by atoms with E-state index in [-0.39, 0.29) is 42.7 Å². The molecule has 11 nitrogen and oxygen atoms in total. The monoisotopic (exact) mass is 609 g/mol. The van der Waals surface area contributed by atoms with Crippen LogP contribution in [0.4, 0.5) is 19.0 Å². The van der Waals surface area contributed by atoms with Crippen molar-refractivity contribution in [2.45, 2.75) is 65.4 Å². The maximum Gasteiger partial charge on any atom is 0.408 e. The topological polar surface area (TPSA) is 158 Å². The van der Waals surface area contributed by atoms with Crippen molar-refractivity contribution in [2.24, 2.45) is 5.41 Å². The third-order valence-corrected chi connectivity index (χ3v) is 8.84. The fourth-order valence-corrected chi connectivity index (χ4v) is 6.56. The summed E-state index contributed by atoms with van der Waals surface area (Å²) in [6.45, 7) is 7.10. The molecule has 1 unspecified atom stereocenters. The fourth-order valence-electron chi connectivity index (χ4n) is 4.05. The molecular weight excluding hydrogens is 574 g/mol. The quantitative estimate of drug-likeness (QED) is 0.184. The van der Waals surface area contributed by atoms with Gasteiger partial charge in [0, 0.05) is 6.16 Å². The van der Waals surface area contributed by atoms with Crippen LogP contribution in [0.3, 0.4) is 0 Å². The average Bonchev–Trinajstić information content (AvgIpc) is 3.36. The molecule has 0 aliphatic carbocycles. The van der Waals surface area contributed by atoms with E-state index in [1.165, 1.54) is 36.9 Å². The lowest BCUT2D eigenvalue weighted by Gasteiger charge is -2.31. The predicted molar refractivity (Wildman–Crippen MR) is 150 cm³/mol. The summed E-state index contributed by atoms with van der Waals surface area (Å²) in [4.78, 5) is 24.8. The minimum absolute atomic E-state index is 0.0160. The van der Waals surface area contributed by atoms with E-state index in [4.69, 9.17) is 20.5 Å². The van der Waals surface area contributed by atoms with Gasteiger partial charge < -0.3 is 24.3 Å². The van der Waals surface area contributed by atoms with Gasteiger partial charge in [0.25, 0.3) is 0 Å². The number of carbonyl (C=O) groups excluding carboxylic acids is 1. The molecule has 1 aromatic carbocycles. The van der Waals surface area contributed by atoms with Crippen LogP contribution in [-0.4, -0.2) is 56.9 Å². The van der Waals surface area contributed by atoms with Gasteiger partial charge in [0.1, 0.15) is 24.2 Å². The smallest absolute Gasteiger partial charge is 0.408 e. The second-order valence-electron chi connectivity index (χ2n) is 10.7. The number of nitrogens with one attached hydrogen (secondary N) is 1. The lowest BCUT2D eigenvalue weighted by Crippen LogP contribution is -2.35. The van der Waals surface area contributed by atoms with Crippen molar-refractivity contribution in [3.63, 3.8) is 0 Å². The molecule has 3 rings (SSSR count). The predicted octanol–water partition coefficient (Wildman–Crippen LogP) is 5.18. The standard InChI is InChI=1S/C27H35F3N7O4P/c1-5-11-40-25(38)26(3,4)10-12-42(39,36-22(27(28,29)30)20-8-6-19(13-31)7-9-20)17-41-18(2)14-37-16-35-21-23(32)33-15-34-24(21)37/h6-9,15-16,18,22H,5,10-12,14,17H2,1-4H3,(H,36,39)(H2,32,33,34)/t18-,22-,42?/m1/s1. The number of ether oxygens (including phenoxy) is 2. The number of imidazole rings is 1. The van der Waals surface area contributed by atoms with Crippen molar-refractivity contribution >= 4 is 30.2 Å². The fraction of sp³-hybridized carbons (Fsp3) is 0.519. The zero-order chi connectivity index (χ0) is 31.1. The van der Waals surface area contributed by atoms with E-state index in [1.54, 1.807) is 25.3 Å². The van der Waals surface area contributed by atoms with Crippen LogP contribution in [0.25, 0.3) is 11.2 Å². The minimum Gasteiger partial charge on any atom is -0.465 e. The molecule has 15 heteroatoms. The van der Waals surface area contributed by atoms with E-state index >= 15 is 0 Å². The number of nitrogen functional groups attached to an aromatic ring is 1. The Morgan fingerprint density at radius 2 is 1.90 bits per heavy atom. The summed E-state index contributed by atoms with van der Waals surface area (Å²) in [5.74, 6) is -0.333. The van der Waals surface area contributed by atoms with E-state index in [0.29, 0.717) is 17.6 Å². The Morgan fingerprint density at radius 1 is 1.21 bits per heavy atom. The van der Waals surface area contributed by atoms with Crippen LogP contribution >= 0.6 is 7.29 Å². The molecule has 0 radical (unpaired) electrons. The van der Waals surface area contributed by atoms with Crippen molar-refractivity contribution < 1.29 is 32.0 Å². The number of hydrogen-bond acceptors (Lipinski definition) is 9. The van der Waals surface area contributed by atoms with E-state index < -0.39 is 43.3 Å². The van der Waals surface area contributed by atoms with E-state index in [2.05, 4.69) is 20.0 Å². The number of nitrogens with zero attached hydrogens (tertiary/aromatic N) is 5. The average molecular weight is 610 g/mol. The van der Waals surface area contributed by atoms with Crippen LogP contribution in [0.2, 0.25) is 0 Å². The molecule has 42 heavy (non-hydrogen) atoms. The summed E-state index contributed by atoms with van der Waals surface area (Å²) < 4.78 is 69.9. The van der Waals surface area contributed by atoms with Gasteiger partial charge in [-0.2, -0.15) is 18.4 Å². The highest BCUT2D eigenvalue weighted by Crippen LogP contribution is 2.50. The van der Waals surface area contributed by atoms with E-state index in [0.717, 1.165) is 0 Å². The molecule has 0 aliphatic rings. The molecule has 0 bridgehead atoms. The van der Waals surface area contributed by atoms with Crippen LogP contribution in [0.15, 0.2) is 36.9 Å². The second kappa shape index (κ2) is 13.6. The summed E-state index contributed by atoms with van der Waals surface area (Å²) in [6.07, 6.45) is -2.88. The summed E-state index contributed by atoms with van der Waals surface area (Å²) in [7, 11) is -3.95. The lowest BCUT2D eigenvalue weighted by molar-refractivity contribution is -0.155. The number of esters is 1. The van der Waals surface area contributed by atoms with Gasteiger partial charge in [-0.1, -0.05) is 19.1 Å². The van der Waals surface area contributed by atoms with Gasteiger partial charge in [0.2, 0.25) is 0 Å². The van der Waals surface area contributed by atoms with Gasteiger partial charge in [-0.15, -0.1) is 0 Å². The summed E-state index contributed by atoms with van der Waals surface area (Å²) in [5.41, 5.74) is 5.55. The number of anilines is 1. The highest BCUT2D eigenvalue weighted by Gasteiger charge is 2.45. The summed E-state index contributed by atoms with van der Waals surface area (Å²) in [6, 6.07) is 4.42. The first-order valence-electron chi connectivity index (χ1n) is 13.3. The molecule has 0 amide bonds. The van der Waals surface area contributed by atoms with Crippen molar-refractivity contribution in [3.05, 3.63) is 48.0 Å². The molecule has 3 aromatic rings. The normalized spacial score (nSPS) is 15.1. The zero-order valence-electron chi connectivity index (χ0n) is 23.9. The highest BCUT2D eigenvalue weighted by atomic mass is 31.2. The number of aromatic nitrogens is 4. The third-order valence-electron chi connectivity index (χ3n) is 6.60. The van der Waals surface area contributed by atoms with Crippen LogP contribution < -0.4 is 10.8 Å². The van der Waals surface area contributed by atoms with E-state index in [1.807, 2.05) is 13.0 Å². The van der Waals surface area contributed by atoms with E-state index in [9.17, 15) is 22.5 Å². The maximum atomic E-state index is 14.3. The first-order valence-corrected chi connectivity index (χ1v) is 15.4. The van der Waals surface area contributed by atoms with Gasteiger partial charge in [0.05, 0.1) is 42.6 Å². The first kappa shape index (κ1) is 33.0. The number of alkyl halides is 3. The molecule has 2 aromatic heterocycles. The van der Waals surface area contributed by atoms with Gasteiger partial charge in [0.15, 0.2) is 18.8 Å².